The van der Waals surface area contributed by atoms with Gasteiger partial charge in [0.05, 0.1) is 12.1 Å². The van der Waals surface area contributed by atoms with Gasteiger partial charge in [-0.2, -0.15) is 0 Å². The molecule has 2 aromatic rings. The van der Waals surface area contributed by atoms with Crippen LogP contribution in [0.1, 0.15) is 23.4 Å². The predicted octanol–water partition coefficient (Wildman–Crippen LogP) is 2.39. The van der Waals surface area contributed by atoms with Gasteiger partial charge in [0.2, 0.25) is 0 Å². The highest BCUT2D eigenvalue weighted by atomic mass is 32.1. The van der Waals surface area contributed by atoms with E-state index in [1.807, 2.05) is 10.9 Å². The van der Waals surface area contributed by atoms with E-state index in [1.54, 1.807) is 18.4 Å². The zero-order valence-electron chi connectivity index (χ0n) is 12.8. The van der Waals surface area contributed by atoms with Crippen molar-refractivity contribution in [1.29, 1.82) is 0 Å². The average Bonchev–Trinajstić information content (AvgIpc) is 2.99. The van der Waals surface area contributed by atoms with E-state index >= 15 is 0 Å². The summed E-state index contributed by atoms with van der Waals surface area (Å²) in [7, 11) is 1.72. The second kappa shape index (κ2) is 8.17. The SMILES string of the molecule is COCCNCCCc1c(C)nc(-c2cscn2)nc1C. The van der Waals surface area contributed by atoms with Crippen LogP contribution in [0, 0.1) is 13.8 Å². The van der Waals surface area contributed by atoms with Crippen molar-refractivity contribution in [3.8, 4) is 11.5 Å². The third-order valence-corrected chi connectivity index (χ3v) is 3.93. The molecule has 2 rings (SSSR count). The number of nitrogens with one attached hydrogen (secondary N) is 1. The van der Waals surface area contributed by atoms with Gasteiger partial charge in [-0.25, -0.2) is 15.0 Å². The van der Waals surface area contributed by atoms with Gasteiger partial charge in [-0.05, 0) is 38.8 Å². The van der Waals surface area contributed by atoms with Crippen molar-refractivity contribution in [1.82, 2.24) is 20.3 Å². The lowest BCUT2D eigenvalue weighted by molar-refractivity contribution is 0.199. The summed E-state index contributed by atoms with van der Waals surface area (Å²) in [6, 6.07) is 0. The Hall–Kier alpha value is -1.37. The molecule has 0 aliphatic carbocycles. The summed E-state index contributed by atoms with van der Waals surface area (Å²) in [4.78, 5) is 13.5. The summed E-state index contributed by atoms with van der Waals surface area (Å²) < 4.78 is 5.01. The summed E-state index contributed by atoms with van der Waals surface area (Å²) in [5.41, 5.74) is 6.04. The first kappa shape index (κ1) is 16.0. The molecule has 0 spiro atoms. The smallest absolute Gasteiger partial charge is 0.179 e. The van der Waals surface area contributed by atoms with Crippen molar-refractivity contribution >= 4 is 11.3 Å². The molecule has 5 nitrogen and oxygen atoms in total. The van der Waals surface area contributed by atoms with Crippen molar-refractivity contribution in [2.45, 2.75) is 26.7 Å². The van der Waals surface area contributed by atoms with E-state index in [0.717, 1.165) is 55.4 Å². The molecule has 2 heterocycles. The van der Waals surface area contributed by atoms with E-state index in [9.17, 15) is 0 Å². The van der Waals surface area contributed by atoms with Crippen molar-refractivity contribution in [3.05, 3.63) is 27.8 Å². The standard InChI is InChI=1S/C15H22N4OS/c1-11-13(5-4-6-16-7-8-20-3)12(2)19-15(18-11)14-9-21-10-17-14/h9-10,16H,4-8H2,1-3H3. The molecule has 0 bridgehead atoms. The second-order valence-corrected chi connectivity index (χ2v) is 5.64. The molecule has 0 saturated carbocycles. The molecule has 0 fully saturated rings. The van der Waals surface area contributed by atoms with E-state index in [-0.39, 0.29) is 0 Å². The maximum atomic E-state index is 5.01. The lowest BCUT2D eigenvalue weighted by Gasteiger charge is -2.10. The molecule has 0 radical (unpaired) electrons. The molecule has 2 aromatic heterocycles. The Balaban J connectivity index is 1.95. The lowest BCUT2D eigenvalue weighted by Crippen LogP contribution is -2.21. The number of hydrogen-bond acceptors (Lipinski definition) is 6. The van der Waals surface area contributed by atoms with E-state index in [2.05, 4.69) is 34.1 Å². The van der Waals surface area contributed by atoms with Gasteiger partial charge in [-0.15, -0.1) is 11.3 Å². The maximum absolute atomic E-state index is 5.01. The summed E-state index contributed by atoms with van der Waals surface area (Å²) in [5.74, 6) is 0.730. The van der Waals surface area contributed by atoms with Gasteiger partial charge in [0, 0.05) is 30.4 Å². The number of nitrogens with zero attached hydrogens (tertiary/aromatic N) is 3. The highest BCUT2D eigenvalue weighted by Gasteiger charge is 2.10. The van der Waals surface area contributed by atoms with Crippen molar-refractivity contribution in [3.63, 3.8) is 0 Å². The second-order valence-electron chi connectivity index (χ2n) is 4.92. The van der Waals surface area contributed by atoms with Gasteiger partial charge >= 0.3 is 0 Å². The first-order valence-electron chi connectivity index (χ1n) is 7.14. The molecule has 0 atom stereocenters. The molecule has 0 saturated heterocycles. The first-order chi connectivity index (χ1) is 10.2. The number of rotatable bonds is 8. The topological polar surface area (TPSA) is 59.9 Å². The van der Waals surface area contributed by atoms with E-state index in [1.165, 1.54) is 5.56 Å². The van der Waals surface area contributed by atoms with E-state index < -0.39 is 0 Å². The molecular formula is C15H22N4OS. The third-order valence-electron chi connectivity index (χ3n) is 3.35. The molecule has 0 unspecified atom stereocenters. The van der Waals surface area contributed by atoms with Gasteiger partial charge < -0.3 is 10.1 Å². The van der Waals surface area contributed by atoms with Gasteiger partial charge in [-0.1, -0.05) is 0 Å². The Kier molecular flexibility index (Phi) is 6.22. The number of thiazole rings is 1. The van der Waals surface area contributed by atoms with Gasteiger partial charge in [-0.3, -0.25) is 0 Å². The third kappa shape index (κ3) is 4.56. The summed E-state index contributed by atoms with van der Waals surface area (Å²) in [6.45, 7) is 6.74. The molecule has 0 aliphatic rings. The highest BCUT2D eigenvalue weighted by molar-refractivity contribution is 7.07. The molecular weight excluding hydrogens is 284 g/mol. The Bertz CT molecular complexity index is 534. The number of aromatic nitrogens is 3. The maximum Gasteiger partial charge on any atom is 0.179 e. The monoisotopic (exact) mass is 306 g/mol. The minimum Gasteiger partial charge on any atom is -0.383 e. The van der Waals surface area contributed by atoms with Gasteiger partial charge in [0.25, 0.3) is 0 Å². The van der Waals surface area contributed by atoms with Gasteiger partial charge in [0.1, 0.15) is 5.69 Å². The molecule has 6 heteroatoms. The van der Waals surface area contributed by atoms with Crippen LogP contribution >= 0.6 is 11.3 Å². The van der Waals surface area contributed by atoms with E-state index in [4.69, 9.17) is 4.74 Å². The molecule has 0 amide bonds. The first-order valence-corrected chi connectivity index (χ1v) is 8.09. The number of methoxy groups -OCH3 is 1. The molecule has 1 N–H and O–H groups in total. The zero-order valence-corrected chi connectivity index (χ0v) is 13.7. The molecule has 0 aliphatic heterocycles. The summed E-state index contributed by atoms with van der Waals surface area (Å²) in [6.07, 6.45) is 2.07. The van der Waals surface area contributed by atoms with Crippen molar-refractivity contribution < 1.29 is 4.74 Å². The van der Waals surface area contributed by atoms with Crippen LogP contribution in [0.25, 0.3) is 11.5 Å². The van der Waals surface area contributed by atoms with Crippen molar-refractivity contribution in [2.75, 3.05) is 26.8 Å². The van der Waals surface area contributed by atoms with Crippen LogP contribution in [-0.2, 0) is 11.2 Å². The fourth-order valence-corrected chi connectivity index (χ4v) is 2.76. The minimum atomic E-state index is 0.730. The Morgan fingerprint density at radius 1 is 1.19 bits per heavy atom. The average molecular weight is 306 g/mol. The van der Waals surface area contributed by atoms with Crippen LogP contribution in [0.4, 0.5) is 0 Å². The zero-order chi connectivity index (χ0) is 15.1. The van der Waals surface area contributed by atoms with Crippen LogP contribution in [0.15, 0.2) is 10.9 Å². The quantitative estimate of drug-likeness (QED) is 0.759. The number of hydrogen-bond donors (Lipinski definition) is 1. The van der Waals surface area contributed by atoms with Crippen molar-refractivity contribution in [2.24, 2.45) is 0 Å². The Labute approximate surface area is 129 Å². The minimum absolute atomic E-state index is 0.730. The molecule has 0 aromatic carbocycles. The Morgan fingerprint density at radius 2 is 1.95 bits per heavy atom. The fourth-order valence-electron chi connectivity index (χ4n) is 2.23. The number of aryl methyl sites for hydroxylation is 2. The van der Waals surface area contributed by atoms with Crippen LogP contribution in [0.5, 0.6) is 0 Å². The largest absolute Gasteiger partial charge is 0.383 e. The van der Waals surface area contributed by atoms with Crippen LogP contribution in [0.2, 0.25) is 0 Å². The van der Waals surface area contributed by atoms with Crippen LogP contribution in [0.3, 0.4) is 0 Å². The highest BCUT2D eigenvalue weighted by Crippen LogP contribution is 2.19. The lowest BCUT2D eigenvalue weighted by atomic mass is 10.1. The Morgan fingerprint density at radius 3 is 2.57 bits per heavy atom. The van der Waals surface area contributed by atoms with E-state index in [0.29, 0.717) is 0 Å². The van der Waals surface area contributed by atoms with Crippen LogP contribution < -0.4 is 5.32 Å². The number of ether oxygens (including phenoxy) is 1. The van der Waals surface area contributed by atoms with Crippen LogP contribution in [-0.4, -0.2) is 41.8 Å². The normalized spacial score (nSPS) is 11.0. The molecule has 114 valence electrons. The predicted molar refractivity (Wildman–Crippen MR) is 85.7 cm³/mol. The van der Waals surface area contributed by atoms with Gasteiger partial charge in [0.15, 0.2) is 5.82 Å². The summed E-state index contributed by atoms with van der Waals surface area (Å²) in [5, 5.41) is 5.33. The molecule has 21 heavy (non-hydrogen) atoms. The fraction of sp³-hybridized carbons (Fsp3) is 0.533. The summed E-state index contributed by atoms with van der Waals surface area (Å²) >= 11 is 1.56.